The van der Waals surface area contributed by atoms with Crippen LogP contribution in [-0.4, -0.2) is 199 Å². The zero-order chi connectivity index (χ0) is 89.1. The second kappa shape index (κ2) is 38.4. The number of nitrogens with zero attached hydrogens (tertiary/aromatic N) is 2. The number of halogens is 4. The lowest BCUT2D eigenvalue weighted by Crippen LogP contribution is -2.65. The van der Waals surface area contributed by atoms with Crippen LogP contribution in [0.25, 0.3) is 11.1 Å². The number of phenols is 3. The standard InChI is InChI=1S/C83H89Cl2F2N9O26S/c1-6-36(20-34(2)3)74(109)94-65-52(101)25-42(28-59(88)103)76(111)92-63-41-26-56(118-54-14-11-38(67(65)104)23-48(54)84)71(57(27-41)119-55-15-12-39(24-49(55)85)68(105)66-78(113)93-64(79(114)115)47-29-43(98)30-51(100)62(47)46-22-37(10-13-50(46)99)45(31-53(63)102)77(112)95-66)122-80-72(70(107)69(106)58(33-97)120-80)121-61-32-83(5,73(108)35(4)117-61)89-17-19-96-18-16-60(91-82(96)116)90-75(110)40-8-7-9-44(21-40)123-81(86)87/h7-16,18,21-24,26-27,29-30,34-36,42,45,58,61,63-70,72-73,80-81,89,97-100,104-108H,6,17,19-20,25,28,31-33H2,1-5H3,(H2,88,103)(H,92,111)(H,93,113)(H,94,109)(H,95,112)(H,114,115)(H,90,91,110,116)/t35-,36+,42-,45+,58+,61-,63?,64+,65-,66-,67+,68+,69+,70-,72+,73+,80?,83-/m0/s1. The number of fused-ring (bicyclic) bond motifs is 15. The van der Waals surface area contributed by atoms with E-state index in [1.165, 1.54) is 60.2 Å². The SMILES string of the molecule is CC[C@H](CC(C)C)C(=O)N[C@H]1C(=O)C[C@@H](CC(N)=O)C(=O)NC2C(=O)C[C@H]3C(=O)N[C@H](C(=O)N[C@@H](C(=O)O)c4cc(O)cc(O)c4-c4cc3ccc4O)[C@H](O)c3ccc(c(Cl)c3)Oc3cc2cc(c3OC2O[C@H](CO)[C@@H](O)[C@H](O)[C@H]2O[C@H]2C[C@](C)(NCCn3ccc(NC(=O)c4cccc(SC(F)F)c4)nc3=O)[C@H](O)[C@H](C)O2)Oc2ccc(cc2Cl)[C@H]1O. The van der Waals surface area contributed by atoms with Crippen molar-refractivity contribution in [1.82, 2.24) is 36.1 Å². The fraction of sp³-hybridized carbons (Fsp3) is 0.410. The molecule has 1 aromatic heterocycles. The van der Waals surface area contributed by atoms with Gasteiger partial charge in [0.15, 0.2) is 41.5 Å². The molecule has 7 aliphatic rings. The van der Waals surface area contributed by atoms with E-state index in [1.54, 1.807) is 13.8 Å². The van der Waals surface area contributed by atoms with Gasteiger partial charge in [-0.3, -0.25) is 42.9 Å². The zero-order valence-electron chi connectivity index (χ0n) is 66.2. The number of benzene rings is 6. The van der Waals surface area contributed by atoms with Crippen molar-refractivity contribution < 1.29 is 131 Å². The molecule has 2 fully saturated rings. The summed E-state index contributed by atoms with van der Waals surface area (Å²) < 4.78 is 66.8. The summed E-state index contributed by atoms with van der Waals surface area (Å²) in [4.78, 5) is 149. The maximum absolute atomic E-state index is 16.4. The quantitative estimate of drug-likeness (QED) is 0.0368. The molecular formula is C83H89Cl2F2N9O26S. The number of carboxylic acid groups (broad SMARTS) is 1. The third-order valence-electron chi connectivity index (χ3n) is 21.9. The fourth-order valence-electron chi connectivity index (χ4n) is 15.5. The second-order valence-electron chi connectivity index (χ2n) is 31.1. The predicted molar refractivity (Wildman–Crippen MR) is 431 cm³/mol. The van der Waals surface area contributed by atoms with Gasteiger partial charge in [-0.2, -0.15) is 13.8 Å². The number of thioether (sulfide) groups is 1. The highest BCUT2D eigenvalue weighted by Gasteiger charge is 2.52. The van der Waals surface area contributed by atoms with E-state index < -0.39 is 267 Å². The van der Waals surface area contributed by atoms with Gasteiger partial charge in [0.25, 0.3) is 11.7 Å². The van der Waals surface area contributed by atoms with Gasteiger partial charge >= 0.3 is 11.7 Å². The molecule has 0 radical (unpaired) electrons. The van der Waals surface area contributed by atoms with Crippen LogP contribution in [0, 0.1) is 17.8 Å². The van der Waals surface area contributed by atoms with Gasteiger partial charge in [-0.1, -0.05) is 80.0 Å². The number of hydrogen-bond donors (Lipinski definition) is 17. The minimum Gasteiger partial charge on any atom is -0.508 e. The number of aromatic nitrogens is 2. The number of phenolic OH excluding ortho intramolecular Hbond substituents is 3. The molecule has 2 saturated heterocycles. The van der Waals surface area contributed by atoms with Gasteiger partial charge < -0.3 is 117 Å². The van der Waals surface area contributed by atoms with Crippen molar-refractivity contribution in [1.29, 1.82) is 0 Å². The van der Waals surface area contributed by atoms with E-state index in [4.69, 9.17) is 57.4 Å². The number of anilines is 1. The minimum atomic E-state index is -2.75. The number of carboxylic acids is 1. The third-order valence-corrected chi connectivity index (χ3v) is 23.2. The van der Waals surface area contributed by atoms with Gasteiger partial charge in [0.2, 0.25) is 41.6 Å². The molecule has 18 atom stereocenters. The van der Waals surface area contributed by atoms with E-state index >= 15 is 19.2 Å². The van der Waals surface area contributed by atoms with E-state index in [0.29, 0.717) is 6.42 Å². The average molecular weight is 1770 g/mol. The van der Waals surface area contributed by atoms with E-state index in [9.17, 15) is 88.6 Å². The lowest BCUT2D eigenvalue weighted by atomic mass is 9.84. The van der Waals surface area contributed by atoms with Crippen LogP contribution in [0.4, 0.5) is 14.6 Å². The predicted octanol–water partition coefficient (Wildman–Crippen LogP) is 5.98. The number of aromatic hydroxyl groups is 3. The molecular weight excluding hydrogens is 1680 g/mol. The van der Waals surface area contributed by atoms with Crippen molar-refractivity contribution in [3.05, 3.63) is 169 Å². The van der Waals surface area contributed by atoms with Crippen molar-refractivity contribution in [3.8, 4) is 57.1 Å². The number of aliphatic carboxylic acids is 1. The van der Waals surface area contributed by atoms with Crippen LogP contribution in [-0.2, 0) is 59.1 Å². The summed E-state index contributed by atoms with van der Waals surface area (Å²) in [6.07, 6.45) is -19.8. The molecule has 11 bridgehead atoms. The topological polar surface area (TPSA) is 544 Å². The Morgan fingerprint density at radius 3 is 2.07 bits per heavy atom. The van der Waals surface area contributed by atoms with Crippen molar-refractivity contribution in [3.63, 3.8) is 0 Å². The monoisotopic (exact) mass is 1770 g/mol. The second-order valence-corrected chi connectivity index (χ2v) is 32.9. The summed E-state index contributed by atoms with van der Waals surface area (Å²) in [6.45, 7) is 7.28. The van der Waals surface area contributed by atoms with Gasteiger partial charge in [-0.25, -0.2) is 9.59 Å². The first kappa shape index (κ1) is 91.2. The molecule has 7 aliphatic heterocycles. The van der Waals surface area contributed by atoms with E-state index in [0.717, 1.165) is 66.7 Å². The molecule has 6 aromatic carbocycles. The van der Waals surface area contributed by atoms with Gasteiger partial charge in [0.1, 0.15) is 83.2 Å². The number of carbonyl (C=O) groups excluding carboxylic acids is 8. The van der Waals surface area contributed by atoms with Crippen LogP contribution in [0.15, 0.2) is 125 Å². The Labute approximate surface area is 713 Å². The van der Waals surface area contributed by atoms with Crippen molar-refractivity contribution in [2.75, 3.05) is 18.5 Å². The summed E-state index contributed by atoms with van der Waals surface area (Å²) in [5, 5.41) is 132. The molecule has 0 saturated carbocycles. The number of Topliss-reactive ketones (excluding diaryl/α,β-unsaturated/α-hetero) is 2. The normalized spacial score (nSPS) is 26.4. The third kappa shape index (κ3) is 20.6. The summed E-state index contributed by atoms with van der Waals surface area (Å²) in [6, 6.07) is 11.9. The van der Waals surface area contributed by atoms with Gasteiger partial charge in [0.05, 0.1) is 40.7 Å². The highest BCUT2D eigenvalue weighted by molar-refractivity contribution is 7.99. The Hall–Kier alpha value is -11.0. The molecule has 656 valence electrons. The zero-order valence-corrected chi connectivity index (χ0v) is 68.5. The first-order chi connectivity index (χ1) is 58.3. The van der Waals surface area contributed by atoms with Crippen LogP contribution in [0.1, 0.15) is 142 Å². The molecule has 7 aromatic rings. The largest absolute Gasteiger partial charge is 0.508 e. The summed E-state index contributed by atoms with van der Waals surface area (Å²) in [5.74, 6) is -23.4. The van der Waals surface area contributed by atoms with E-state index in [-0.39, 0.29) is 87.4 Å². The molecule has 123 heavy (non-hydrogen) atoms. The number of ketones is 2. The summed E-state index contributed by atoms with van der Waals surface area (Å²) in [7, 11) is 0. The first-order valence-corrected chi connectivity index (χ1v) is 40.6. The van der Waals surface area contributed by atoms with Crippen LogP contribution in [0.2, 0.25) is 10.0 Å². The van der Waals surface area contributed by atoms with Crippen molar-refractivity contribution in [2.45, 2.75) is 187 Å². The summed E-state index contributed by atoms with van der Waals surface area (Å²) >= 11 is 14.6. The van der Waals surface area contributed by atoms with Crippen molar-refractivity contribution in [2.24, 2.45) is 23.5 Å². The maximum atomic E-state index is 16.4. The molecule has 8 heterocycles. The molecule has 40 heteroatoms. The Morgan fingerprint density at radius 1 is 0.764 bits per heavy atom. The number of rotatable bonds is 21. The van der Waals surface area contributed by atoms with Crippen molar-refractivity contribution >= 4 is 93.8 Å². The Kier molecular flexibility index (Phi) is 28.5. The van der Waals surface area contributed by atoms with Gasteiger partial charge in [0, 0.05) is 89.6 Å². The molecule has 14 rings (SSSR count). The molecule has 0 spiro atoms. The molecule has 18 N–H and O–H groups in total. The Bertz CT molecular complexity index is 5310. The minimum absolute atomic E-state index is 0.0133. The molecule has 6 amide bonds. The Balaban J connectivity index is 0.990. The number of amides is 6. The summed E-state index contributed by atoms with van der Waals surface area (Å²) in [5.41, 5.74) is 0.947. The lowest BCUT2D eigenvalue weighted by molar-refractivity contribution is -0.334. The lowest BCUT2D eigenvalue weighted by Gasteiger charge is -2.48. The van der Waals surface area contributed by atoms with Gasteiger partial charge in [-0.15, -0.1) is 0 Å². The van der Waals surface area contributed by atoms with Crippen LogP contribution < -0.4 is 57.5 Å². The first-order valence-electron chi connectivity index (χ1n) is 38.9. The van der Waals surface area contributed by atoms with Crippen LogP contribution in [0.3, 0.4) is 0 Å². The number of aliphatic hydroxyl groups excluding tert-OH is 6. The Morgan fingerprint density at radius 2 is 1.44 bits per heavy atom. The highest BCUT2D eigenvalue weighted by atomic mass is 35.5. The number of aliphatic hydroxyl groups is 6. The molecule has 0 aliphatic carbocycles. The smallest absolute Gasteiger partial charge is 0.349 e. The molecule has 2 unspecified atom stereocenters. The molecule has 35 nitrogen and oxygen atoms in total. The maximum Gasteiger partial charge on any atom is 0.349 e. The number of nitrogens with two attached hydrogens (primary N) is 1. The average Bonchev–Trinajstić information content (AvgIpc) is 0.763. The van der Waals surface area contributed by atoms with Gasteiger partial charge in [-0.05, 0) is 134 Å². The van der Waals surface area contributed by atoms with E-state index in [1.807, 2.05) is 13.8 Å². The number of primary amides is 1. The number of hydrogen-bond acceptors (Lipinski definition) is 28. The number of ether oxygens (including phenoxy) is 6. The highest BCUT2D eigenvalue weighted by Crippen LogP contribution is 2.51. The van der Waals surface area contributed by atoms with Crippen LogP contribution >= 0.6 is 35.0 Å². The number of carbonyl (C=O) groups is 9. The number of alkyl halides is 2. The number of nitrogens with one attached hydrogen (secondary N) is 6. The van der Waals surface area contributed by atoms with Crippen LogP contribution in [0.5, 0.6) is 46.0 Å². The fourth-order valence-corrected chi connectivity index (χ4v) is 16.5. The van der Waals surface area contributed by atoms with E-state index in [2.05, 4.69) is 36.9 Å².